The smallest absolute Gasteiger partial charge is 0.295 e. The van der Waals surface area contributed by atoms with E-state index in [4.69, 9.17) is 4.98 Å². The van der Waals surface area contributed by atoms with Gasteiger partial charge in [0, 0.05) is 18.2 Å². The highest BCUT2D eigenvalue weighted by atomic mass is 32.1. The predicted molar refractivity (Wildman–Crippen MR) is 141 cm³/mol. The largest absolute Gasteiger partial charge is 0.325 e. The number of amides is 1. The maximum absolute atomic E-state index is 13.3. The van der Waals surface area contributed by atoms with Gasteiger partial charge < -0.3 is 10.6 Å². The van der Waals surface area contributed by atoms with Crippen LogP contribution < -0.4 is 16.2 Å². The van der Waals surface area contributed by atoms with Crippen molar-refractivity contribution in [3.05, 3.63) is 113 Å². The fourth-order valence-corrected chi connectivity index (χ4v) is 4.72. The van der Waals surface area contributed by atoms with Gasteiger partial charge in [0.1, 0.15) is 16.4 Å². The molecule has 0 bridgehead atoms. The molecule has 0 aliphatic carbocycles. The van der Waals surface area contributed by atoms with E-state index in [1.54, 1.807) is 16.8 Å². The molecule has 5 rings (SSSR count). The molecule has 0 radical (unpaired) electrons. The van der Waals surface area contributed by atoms with Crippen molar-refractivity contribution in [1.82, 2.24) is 14.3 Å². The third kappa shape index (κ3) is 4.39. The summed E-state index contributed by atoms with van der Waals surface area (Å²) in [4.78, 5) is 30.9. The van der Waals surface area contributed by atoms with Gasteiger partial charge >= 0.3 is 0 Å². The number of hydrogen-bond acceptors (Lipinski definition) is 5. The van der Waals surface area contributed by atoms with E-state index < -0.39 is 0 Å². The van der Waals surface area contributed by atoms with Gasteiger partial charge in [-0.1, -0.05) is 78.1 Å². The van der Waals surface area contributed by atoms with E-state index in [9.17, 15) is 9.59 Å². The van der Waals surface area contributed by atoms with Gasteiger partial charge in [-0.25, -0.2) is 9.67 Å². The molecule has 35 heavy (non-hydrogen) atoms. The molecule has 8 heteroatoms. The molecule has 0 saturated heterocycles. The summed E-state index contributed by atoms with van der Waals surface area (Å²) in [6, 6.07) is 28.2. The molecular formula is C27H23N5O2S. The topological polar surface area (TPSA) is 81.0 Å². The van der Waals surface area contributed by atoms with Crippen LogP contribution in [0.5, 0.6) is 0 Å². The van der Waals surface area contributed by atoms with Gasteiger partial charge in [0.25, 0.3) is 11.5 Å². The van der Waals surface area contributed by atoms with Crippen LogP contribution in [0.3, 0.4) is 0 Å². The van der Waals surface area contributed by atoms with E-state index in [1.807, 2.05) is 97.5 Å². The molecule has 2 N–H and O–H groups in total. The molecule has 0 fully saturated rings. The number of aromatic nitrogens is 3. The lowest BCUT2D eigenvalue weighted by Crippen LogP contribution is -2.20. The number of nitrogens with zero attached hydrogens (tertiary/aromatic N) is 3. The van der Waals surface area contributed by atoms with Crippen molar-refractivity contribution >= 4 is 33.1 Å². The van der Waals surface area contributed by atoms with Crippen LogP contribution in [0.2, 0.25) is 0 Å². The Morgan fingerprint density at radius 2 is 1.49 bits per heavy atom. The van der Waals surface area contributed by atoms with Gasteiger partial charge in [-0.2, -0.15) is 0 Å². The zero-order chi connectivity index (χ0) is 24.4. The molecule has 3 aromatic carbocycles. The zero-order valence-corrected chi connectivity index (χ0v) is 20.0. The number of anilines is 3. The number of thiazole rings is 1. The van der Waals surface area contributed by atoms with E-state index in [0.717, 1.165) is 16.9 Å². The van der Waals surface area contributed by atoms with Gasteiger partial charge in [-0.15, -0.1) is 0 Å². The maximum atomic E-state index is 13.3. The third-order valence-corrected chi connectivity index (χ3v) is 6.61. The third-order valence-electron chi connectivity index (χ3n) is 5.72. The normalized spacial score (nSPS) is 10.8. The van der Waals surface area contributed by atoms with Crippen molar-refractivity contribution in [1.29, 1.82) is 0 Å². The van der Waals surface area contributed by atoms with Crippen LogP contribution in [-0.4, -0.2) is 20.3 Å². The van der Waals surface area contributed by atoms with Gasteiger partial charge in [-0.05, 0) is 31.2 Å². The number of carbonyl (C=O) groups excluding carboxylic acids is 1. The molecule has 2 aromatic heterocycles. The number of benzene rings is 3. The van der Waals surface area contributed by atoms with Crippen molar-refractivity contribution in [3.63, 3.8) is 0 Å². The number of carbonyl (C=O) groups is 1. The summed E-state index contributed by atoms with van der Waals surface area (Å²) in [5.41, 5.74) is 3.86. The Hall–Kier alpha value is -4.43. The molecule has 174 valence electrons. The summed E-state index contributed by atoms with van der Waals surface area (Å²) in [6.45, 7) is 1.88. The number of hydrogen-bond donors (Lipinski definition) is 2. The average molecular weight is 482 g/mol. The van der Waals surface area contributed by atoms with Crippen LogP contribution >= 0.6 is 11.3 Å². The maximum Gasteiger partial charge on any atom is 0.295 e. The monoisotopic (exact) mass is 481 g/mol. The van der Waals surface area contributed by atoms with Crippen LogP contribution in [-0.2, 0) is 7.05 Å². The first-order valence-corrected chi connectivity index (χ1v) is 11.9. The Balaban J connectivity index is 1.53. The molecule has 7 nitrogen and oxygen atoms in total. The van der Waals surface area contributed by atoms with Gasteiger partial charge in [-0.3, -0.25) is 14.3 Å². The van der Waals surface area contributed by atoms with Crippen molar-refractivity contribution in [3.8, 4) is 16.9 Å². The van der Waals surface area contributed by atoms with Crippen molar-refractivity contribution in [2.45, 2.75) is 6.92 Å². The quantitative estimate of drug-likeness (QED) is 0.331. The van der Waals surface area contributed by atoms with E-state index in [0.29, 0.717) is 27.1 Å². The molecule has 1 amide bonds. The van der Waals surface area contributed by atoms with Crippen molar-refractivity contribution in [2.24, 2.45) is 7.05 Å². The lowest BCUT2D eigenvalue weighted by atomic mass is 10.1. The molecule has 5 aromatic rings. The second-order valence-corrected chi connectivity index (χ2v) is 8.94. The summed E-state index contributed by atoms with van der Waals surface area (Å²) in [7, 11) is 1.84. The minimum atomic E-state index is -0.222. The average Bonchev–Trinajstić information content (AvgIpc) is 3.39. The Labute approximate surface area is 206 Å². The molecule has 0 atom stereocenters. The lowest BCUT2D eigenvalue weighted by molar-refractivity contribution is 0.102. The minimum Gasteiger partial charge on any atom is -0.325 e. The summed E-state index contributed by atoms with van der Waals surface area (Å²) in [5, 5.41) is 7.32. The van der Waals surface area contributed by atoms with Gasteiger partial charge in [0.2, 0.25) is 0 Å². The molecule has 0 aliphatic rings. The van der Waals surface area contributed by atoms with Crippen LogP contribution in [0.15, 0.2) is 95.8 Å². The first-order chi connectivity index (χ1) is 17.0. The predicted octanol–water partition coefficient (Wildman–Crippen LogP) is 5.60. The fourth-order valence-electron chi connectivity index (χ4n) is 3.83. The highest BCUT2D eigenvalue weighted by Crippen LogP contribution is 2.37. The molecule has 0 unspecified atom stereocenters. The van der Waals surface area contributed by atoms with Crippen LogP contribution in [0.4, 0.5) is 15.8 Å². The van der Waals surface area contributed by atoms with E-state index in [2.05, 4.69) is 10.6 Å². The fraction of sp³-hybridized carbons (Fsp3) is 0.0741. The van der Waals surface area contributed by atoms with E-state index >= 15 is 0 Å². The summed E-state index contributed by atoms with van der Waals surface area (Å²) < 4.78 is 3.42. The number of para-hydroxylation sites is 1. The molecule has 0 spiro atoms. The molecular weight excluding hydrogens is 458 g/mol. The second kappa shape index (κ2) is 9.44. The molecule has 0 saturated carbocycles. The standard InChI is InChI=1S/C27H23N5O2S/c1-18-22(26(34)32(31(18)2)21-16-10-5-11-17-21)28-27-29-23(19-12-6-3-7-13-19)25(35-27)30-24(33)20-14-8-4-9-15-20/h3-17H,1-2H3,(H,28,29)(H,30,33). The molecule has 0 aliphatic heterocycles. The zero-order valence-electron chi connectivity index (χ0n) is 19.2. The number of nitrogens with one attached hydrogen (secondary N) is 2. The Kier molecular flexibility index (Phi) is 6.03. The van der Waals surface area contributed by atoms with Gasteiger partial charge in [0.15, 0.2) is 5.13 Å². The summed E-state index contributed by atoms with van der Waals surface area (Å²) in [6.07, 6.45) is 0. The van der Waals surface area contributed by atoms with Gasteiger partial charge in [0.05, 0.1) is 11.4 Å². The first-order valence-electron chi connectivity index (χ1n) is 11.1. The van der Waals surface area contributed by atoms with Crippen LogP contribution in [0, 0.1) is 6.92 Å². The lowest BCUT2D eigenvalue weighted by Gasteiger charge is -2.07. The highest BCUT2D eigenvalue weighted by Gasteiger charge is 2.20. The highest BCUT2D eigenvalue weighted by molar-refractivity contribution is 7.20. The first kappa shape index (κ1) is 22.4. The molecule has 2 heterocycles. The summed E-state index contributed by atoms with van der Waals surface area (Å²) >= 11 is 1.29. The SMILES string of the molecule is Cc1c(Nc2nc(-c3ccccc3)c(NC(=O)c3ccccc3)s2)c(=O)n(-c2ccccc2)n1C. The second-order valence-electron chi connectivity index (χ2n) is 7.94. The summed E-state index contributed by atoms with van der Waals surface area (Å²) in [5.74, 6) is -0.222. The number of rotatable bonds is 6. The van der Waals surface area contributed by atoms with Crippen molar-refractivity contribution < 1.29 is 4.79 Å². The minimum absolute atomic E-state index is 0.178. The Morgan fingerprint density at radius 1 is 0.886 bits per heavy atom. The van der Waals surface area contributed by atoms with E-state index in [1.165, 1.54) is 11.3 Å². The van der Waals surface area contributed by atoms with Crippen molar-refractivity contribution in [2.75, 3.05) is 10.6 Å². The Bertz CT molecular complexity index is 1540. The van der Waals surface area contributed by atoms with Crippen LogP contribution in [0.25, 0.3) is 16.9 Å². The van der Waals surface area contributed by atoms with E-state index in [-0.39, 0.29) is 11.5 Å². The Morgan fingerprint density at radius 3 is 2.14 bits per heavy atom. The van der Waals surface area contributed by atoms with Crippen LogP contribution in [0.1, 0.15) is 16.1 Å².